The minimum Gasteiger partial charge on any atom is -0.444 e. The number of piperidine rings is 1. The second-order valence-electron chi connectivity index (χ2n) is 9.32. The highest BCUT2D eigenvalue weighted by Crippen LogP contribution is 2.27. The molecule has 2 aromatic heterocycles. The van der Waals surface area contributed by atoms with Gasteiger partial charge >= 0.3 is 6.09 Å². The fraction of sp³-hybridized carbons (Fsp3) is 0.522. The minimum atomic E-state index is -0.485. The maximum absolute atomic E-state index is 12.2. The molecule has 1 atom stereocenters. The second-order valence-corrected chi connectivity index (χ2v) is 9.32. The topological polar surface area (TPSA) is 96.3 Å². The van der Waals surface area contributed by atoms with Crippen molar-refractivity contribution >= 4 is 17.0 Å². The molecular formula is C23H31N5O3. The lowest BCUT2D eigenvalue weighted by molar-refractivity contribution is 0.00695. The molecule has 1 amide bonds. The molecule has 0 spiro atoms. The number of carbonyl (C=O) groups is 1. The van der Waals surface area contributed by atoms with Crippen LogP contribution in [-0.4, -0.2) is 60.6 Å². The Morgan fingerprint density at radius 1 is 1.26 bits per heavy atom. The van der Waals surface area contributed by atoms with Gasteiger partial charge in [-0.2, -0.15) is 0 Å². The zero-order valence-corrected chi connectivity index (χ0v) is 18.4. The molecule has 1 aliphatic heterocycles. The molecule has 1 aliphatic rings. The maximum Gasteiger partial charge on any atom is 0.410 e. The van der Waals surface area contributed by atoms with Crippen LogP contribution in [0.5, 0.6) is 0 Å². The van der Waals surface area contributed by atoms with Crippen molar-refractivity contribution < 1.29 is 14.6 Å². The number of aromatic amines is 1. The van der Waals surface area contributed by atoms with E-state index in [1.54, 1.807) is 17.6 Å². The van der Waals surface area contributed by atoms with Crippen molar-refractivity contribution in [2.24, 2.45) is 5.92 Å². The van der Waals surface area contributed by atoms with E-state index >= 15 is 0 Å². The van der Waals surface area contributed by atoms with Crippen molar-refractivity contribution in [1.82, 2.24) is 24.6 Å². The maximum atomic E-state index is 12.2. The summed E-state index contributed by atoms with van der Waals surface area (Å²) in [5, 5.41) is 19.7. The van der Waals surface area contributed by atoms with E-state index in [9.17, 15) is 9.90 Å². The zero-order valence-electron chi connectivity index (χ0n) is 18.4. The summed E-state index contributed by atoms with van der Waals surface area (Å²) in [6.45, 7) is 6.89. The van der Waals surface area contributed by atoms with Crippen molar-refractivity contribution in [1.29, 1.82) is 0 Å². The Balaban J connectivity index is 1.33. The lowest BCUT2D eigenvalue weighted by atomic mass is 9.88. The van der Waals surface area contributed by atoms with Gasteiger partial charge < -0.3 is 19.7 Å². The summed E-state index contributed by atoms with van der Waals surface area (Å²) in [7, 11) is 0. The Hall–Kier alpha value is -2.87. The Morgan fingerprint density at radius 3 is 2.65 bits per heavy atom. The number of carbonyl (C=O) groups excluding carboxylic acids is 1. The third-order valence-electron chi connectivity index (χ3n) is 5.91. The van der Waals surface area contributed by atoms with E-state index in [1.165, 1.54) is 5.56 Å². The first kappa shape index (κ1) is 21.4. The number of benzene rings is 1. The third-order valence-corrected chi connectivity index (χ3v) is 5.91. The number of ether oxygens (including phenoxy) is 1. The van der Waals surface area contributed by atoms with Crippen LogP contribution in [0.15, 0.2) is 37.1 Å². The van der Waals surface area contributed by atoms with Gasteiger partial charge in [-0.25, -0.2) is 4.79 Å². The molecule has 3 aromatic rings. The number of amides is 1. The number of fused-ring (bicyclic) bond motifs is 1. The summed E-state index contributed by atoms with van der Waals surface area (Å²) in [5.74, 6) is 0.205. The number of aliphatic hydroxyl groups is 1. The number of nitrogens with one attached hydrogen (secondary N) is 1. The SMILES string of the molecule is CC(C)(C)OC(=O)N1CCC(C(O)CCc2c[nH]c3ccc(-n4cnnc4)cc23)CC1. The van der Waals surface area contributed by atoms with Gasteiger partial charge in [-0.15, -0.1) is 10.2 Å². The molecule has 166 valence electrons. The molecule has 4 rings (SSSR count). The molecule has 2 N–H and O–H groups in total. The number of aryl methyl sites for hydroxylation is 1. The van der Waals surface area contributed by atoms with E-state index in [1.807, 2.05) is 37.6 Å². The van der Waals surface area contributed by atoms with E-state index in [-0.39, 0.29) is 18.1 Å². The zero-order chi connectivity index (χ0) is 22.0. The van der Waals surface area contributed by atoms with E-state index in [0.717, 1.165) is 35.9 Å². The molecule has 1 saturated heterocycles. The number of aromatic nitrogens is 4. The van der Waals surface area contributed by atoms with Crippen molar-refractivity contribution in [3.63, 3.8) is 0 Å². The quantitative estimate of drug-likeness (QED) is 0.650. The van der Waals surface area contributed by atoms with E-state index in [2.05, 4.69) is 27.3 Å². The smallest absolute Gasteiger partial charge is 0.410 e. The molecule has 1 unspecified atom stereocenters. The summed E-state index contributed by atoms with van der Waals surface area (Å²) in [5.41, 5.74) is 2.79. The molecule has 1 aromatic carbocycles. The highest BCUT2D eigenvalue weighted by atomic mass is 16.6. The Kier molecular flexibility index (Phi) is 6.00. The highest BCUT2D eigenvalue weighted by Gasteiger charge is 2.29. The van der Waals surface area contributed by atoms with E-state index < -0.39 is 5.60 Å². The van der Waals surface area contributed by atoms with Gasteiger partial charge in [-0.1, -0.05) is 0 Å². The van der Waals surface area contributed by atoms with Crippen molar-refractivity contribution in [3.05, 3.63) is 42.6 Å². The second kappa shape index (κ2) is 8.70. The van der Waals surface area contributed by atoms with Crippen molar-refractivity contribution in [3.8, 4) is 5.69 Å². The standard InChI is InChI=1S/C23H31N5O3/c1-23(2,3)31-22(30)27-10-8-16(9-11-27)21(29)7-4-17-13-24-20-6-5-18(12-19(17)20)28-14-25-26-15-28/h5-6,12-16,21,24,29H,4,7-11H2,1-3H3. The normalized spacial score (nSPS) is 16.6. The van der Waals surface area contributed by atoms with Crippen LogP contribution in [0, 0.1) is 5.92 Å². The molecule has 8 nitrogen and oxygen atoms in total. The lowest BCUT2D eigenvalue weighted by Gasteiger charge is -2.35. The first-order valence-corrected chi connectivity index (χ1v) is 10.9. The molecule has 0 bridgehead atoms. The molecule has 8 heteroatoms. The number of nitrogens with zero attached hydrogens (tertiary/aromatic N) is 4. The number of rotatable bonds is 5. The average Bonchev–Trinajstić information content (AvgIpc) is 3.40. The highest BCUT2D eigenvalue weighted by molar-refractivity contribution is 5.85. The van der Waals surface area contributed by atoms with Crippen LogP contribution >= 0.6 is 0 Å². The Bertz CT molecular complexity index is 1010. The molecule has 3 heterocycles. The number of hydrogen-bond acceptors (Lipinski definition) is 5. The molecule has 31 heavy (non-hydrogen) atoms. The summed E-state index contributed by atoms with van der Waals surface area (Å²) in [4.78, 5) is 17.3. The number of aliphatic hydroxyl groups excluding tert-OH is 1. The number of H-pyrrole nitrogens is 1. The fourth-order valence-electron chi connectivity index (χ4n) is 4.20. The Labute approximate surface area is 182 Å². The van der Waals surface area contributed by atoms with Crippen LogP contribution < -0.4 is 0 Å². The monoisotopic (exact) mass is 425 g/mol. The van der Waals surface area contributed by atoms with Gasteiger partial charge in [0, 0.05) is 35.9 Å². The summed E-state index contributed by atoms with van der Waals surface area (Å²) < 4.78 is 7.34. The lowest BCUT2D eigenvalue weighted by Crippen LogP contribution is -2.43. The Morgan fingerprint density at radius 2 is 1.97 bits per heavy atom. The first-order chi connectivity index (χ1) is 14.8. The van der Waals surface area contributed by atoms with Gasteiger partial charge in [0.1, 0.15) is 18.3 Å². The fourth-order valence-corrected chi connectivity index (χ4v) is 4.20. The van der Waals surface area contributed by atoms with Gasteiger partial charge in [0.15, 0.2) is 0 Å². The third kappa shape index (κ3) is 5.07. The van der Waals surface area contributed by atoms with Crippen molar-refractivity contribution in [2.45, 2.75) is 58.2 Å². The van der Waals surface area contributed by atoms with Crippen LogP contribution in [0.25, 0.3) is 16.6 Å². The van der Waals surface area contributed by atoms with Gasteiger partial charge in [0.05, 0.1) is 6.10 Å². The average molecular weight is 426 g/mol. The predicted octanol–water partition coefficient (Wildman–Crippen LogP) is 3.69. The van der Waals surface area contributed by atoms with Gasteiger partial charge in [0.2, 0.25) is 0 Å². The van der Waals surface area contributed by atoms with E-state index in [0.29, 0.717) is 19.5 Å². The summed E-state index contributed by atoms with van der Waals surface area (Å²) >= 11 is 0. The van der Waals surface area contributed by atoms with E-state index in [4.69, 9.17) is 4.74 Å². The first-order valence-electron chi connectivity index (χ1n) is 10.9. The van der Waals surface area contributed by atoms with Crippen LogP contribution in [-0.2, 0) is 11.2 Å². The summed E-state index contributed by atoms with van der Waals surface area (Å²) in [6, 6.07) is 6.20. The van der Waals surface area contributed by atoms with Crippen molar-refractivity contribution in [2.75, 3.05) is 13.1 Å². The largest absolute Gasteiger partial charge is 0.444 e. The van der Waals surface area contributed by atoms with Gasteiger partial charge in [-0.3, -0.25) is 4.57 Å². The summed E-state index contributed by atoms with van der Waals surface area (Å²) in [6.07, 6.45) is 7.83. The minimum absolute atomic E-state index is 0.205. The number of hydrogen-bond donors (Lipinski definition) is 2. The van der Waals surface area contributed by atoms with Gasteiger partial charge in [0.25, 0.3) is 0 Å². The van der Waals surface area contributed by atoms with Crippen LogP contribution in [0.1, 0.15) is 45.6 Å². The molecule has 0 saturated carbocycles. The van der Waals surface area contributed by atoms with Gasteiger partial charge in [-0.05, 0) is 76.1 Å². The van der Waals surface area contributed by atoms with Crippen LogP contribution in [0.3, 0.4) is 0 Å². The molecule has 0 radical (unpaired) electrons. The number of likely N-dealkylation sites (tertiary alicyclic amines) is 1. The van der Waals surface area contributed by atoms with Crippen LogP contribution in [0.2, 0.25) is 0 Å². The predicted molar refractivity (Wildman–Crippen MR) is 118 cm³/mol. The molecule has 1 fully saturated rings. The van der Waals surface area contributed by atoms with Crippen LogP contribution in [0.4, 0.5) is 4.79 Å². The molecular weight excluding hydrogens is 394 g/mol. The molecule has 0 aliphatic carbocycles.